The Morgan fingerprint density at radius 3 is 2.08 bits per heavy atom. The predicted octanol–water partition coefficient (Wildman–Crippen LogP) is 1.26. The van der Waals surface area contributed by atoms with Crippen LogP contribution in [0.3, 0.4) is 0 Å². The number of carbonyl (C=O) groups is 1. The molecular weight excluding hydrogens is 154 g/mol. The monoisotopic (exact) mass is 167 g/mol. The summed E-state index contributed by atoms with van der Waals surface area (Å²) in [4.78, 5) is 14.7. The molecule has 2 aliphatic heterocycles. The second kappa shape index (κ2) is 3.37. The fourth-order valence-electron chi connectivity index (χ4n) is 1.32. The van der Waals surface area contributed by atoms with Gasteiger partial charge in [0.25, 0.3) is 0 Å². The van der Waals surface area contributed by atoms with Crippen LogP contribution < -0.4 is 0 Å². The molecule has 3 nitrogen and oxygen atoms in total. The lowest BCUT2D eigenvalue weighted by Gasteiger charge is -1.99. The maximum atomic E-state index is 10.1. The summed E-state index contributed by atoms with van der Waals surface area (Å²) in [7, 11) is 0. The lowest BCUT2D eigenvalue weighted by molar-refractivity contribution is -0.123. The first-order valence-corrected chi connectivity index (χ1v) is 4.49. The fraction of sp³-hybridized carbons (Fsp3) is 0.667. The van der Waals surface area contributed by atoms with Gasteiger partial charge in [0.2, 0.25) is 6.23 Å². The average molecular weight is 167 g/mol. The van der Waals surface area contributed by atoms with E-state index in [1.54, 1.807) is 5.06 Å². The van der Waals surface area contributed by atoms with E-state index in [1.807, 2.05) is 0 Å². The quantitative estimate of drug-likeness (QED) is 0.402. The van der Waals surface area contributed by atoms with Gasteiger partial charge >= 0.3 is 0 Å². The summed E-state index contributed by atoms with van der Waals surface area (Å²) >= 11 is 0. The highest BCUT2D eigenvalue weighted by Gasteiger charge is 2.54. The Balaban J connectivity index is 0.0000000939. The van der Waals surface area contributed by atoms with Crippen LogP contribution in [0.5, 0.6) is 0 Å². The smallest absolute Gasteiger partial charge is 0.214 e. The summed E-state index contributed by atoms with van der Waals surface area (Å²) in [5, 5.41) is 1.64. The number of nitrogens with zero attached hydrogens (tertiary/aromatic N) is 1. The van der Waals surface area contributed by atoms with E-state index in [0.29, 0.717) is 6.54 Å². The van der Waals surface area contributed by atoms with Crippen molar-refractivity contribution < 1.29 is 9.63 Å². The van der Waals surface area contributed by atoms with Crippen molar-refractivity contribution in [1.29, 1.82) is 0 Å². The molecule has 66 valence electrons. The molecule has 12 heavy (non-hydrogen) atoms. The summed E-state index contributed by atoms with van der Waals surface area (Å²) in [6.07, 6.45) is 9.89. The van der Waals surface area contributed by atoms with Crippen LogP contribution in [0.4, 0.5) is 0 Å². The number of carbonyl (C=O) groups excluding carboxylic acids is 1. The van der Waals surface area contributed by atoms with Crippen LogP contribution in [0.2, 0.25) is 0 Å². The molecule has 3 rings (SSSR count). The van der Waals surface area contributed by atoms with Crippen LogP contribution in [-0.4, -0.2) is 23.6 Å². The molecule has 0 aromatic carbocycles. The van der Waals surface area contributed by atoms with Gasteiger partial charge < -0.3 is 0 Å². The van der Waals surface area contributed by atoms with Crippen LogP contribution in [-0.2, 0) is 9.63 Å². The van der Waals surface area contributed by atoms with E-state index >= 15 is 0 Å². The first-order valence-electron chi connectivity index (χ1n) is 4.49. The molecule has 2 saturated heterocycles. The molecule has 0 radical (unpaired) electrons. The zero-order chi connectivity index (χ0) is 8.39. The summed E-state index contributed by atoms with van der Waals surface area (Å²) in [5.74, 6) is 0.218. The van der Waals surface area contributed by atoms with Crippen molar-refractivity contribution >= 4 is 5.78 Å². The minimum Gasteiger partial charge on any atom is -0.293 e. The number of Topliss-reactive ketones (excluding diaryl/α,β-unsaturated/α-hetero) is 1. The average Bonchev–Trinajstić information content (AvgIpc) is 2.81. The van der Waals surface area contributed by atoms with E-state index in [0.717, 1.165) is 0 Å². The van der Waals surface area contributed by atoms with Gasteiger partial charge in [-0.1, -0.05) is 12.2 Å². The minimum atomic E-state index is -0.106. The van der Waals surface area contributed by atoms with Crippen LogP contribution >= 0.6 is 0 Å². The lowest BCUT2D eigenvalue weighted by Crippen LogP contribution is -2.31. The Kier molecular flexibility index (Phi) is 2.23. The van der Waals surface area contributed by atoms with Crippen molar-refractivity contribution in [3.63, 3.8) is 0 Å². The molecule has 0 N–H and O–H groups in total. The van der Waals surface area contributed by atoms with E-state index < -0.39 is 0 Å². The van der Waals surface area contributed by atoms with Crippen molar-refractivity contribution in [3.05, 3.63) is 12.2 Å². The molecule has 2 unspecified atom stereocenters. The third-order valence-corrected chi connectivity index (χ3v) is 2.20. The first-order chi connectivity index (χ1) is 5.88. The maximum absolute atomic E-state index is 10.1. The second-order valence-electron chi connectivity index (χ2n) is 3.26. The SMILES string of the molecule is C1=CCCCC1.O=C1CN2OC12. The molecule has 0 bridgehead atoms. The molecule has 0 saturated carbocycles. The molecular formula is C9H13NO2. The van der Waals surface area contributed by atoms with Crippen molar-refractivity contribution in [2.45, 2.75) is 31.9 Å². The second-order valence-corrected chi connectivity index (χ2v) is 3.26. The fourth-order valence-corrected chi connectivity index (χ4v) is 1.32. The molecule has 0 aromatic heterocycles. The number of hydrogen-bond donors (Lipinski definition) is 0. The molecule has 0 amide bonds. The lowest BCUT2D eigenvalue weighted by atomic mass is 10.1. The third-order valence-electron chi connectivity index (χ3n) is 2.20. The van der Waals surface area contributed by atoms with Gasteiger partial charge in [-0.3, -0.25) is 9.63 Å². The molecule has 0 spiro atoms. The third kappa shape index (κ3) is 1.73. The highest BCUT2D eigenvalue weighted by Crippen LogP contribution is 2.29. The number of fused-ring (bicyclic) bond motifs is 1. The van der Waals surface area contributed by atoms with Gasteiger partial charge in [0, 0.05) is 0 Å². The molecule has 2 heterocycles. The van der Waals surface area contributed by atoms with E-state index in [1.165, 1.54) is 25.7 Å². The standard InChI is InChI=1S/C6H10.C3H3NO2/c1-2-4-6-5-3-1;5-2-1-4-3(2)6-4/h1-2H,3-6H2;3H,1H2. The zero-order valence-electron chi connectivity index (χ0n) is 7.03. The predicted molar refractivity (Wildman–Crippen MR) is 44.2 cm³/mol. The van der Waals surface area contributed by atoms with Crippen LogP contribution in [0.25, 0.3) is 0 Å². The van der Waals surface area contributed by atoms with Gasteiger partial charge in [-0.25, -0.2) is 0 Å². The maximum Gasteiger partial charge on any atom is 0.214 e. The summed E-state index contributed by atoms with van der Waals surface area (Å²) in [6.45, 7) is 0.519. The molecule has 3 aliphatic rings. The highest BCUT2D eigenvalue weighted by atomic mass is 16.9. The van der Waals surface area contributed by atoms with Crippen LogP contribution in [0.15, 0.2) is 12.2 Å². The number of rotatable bonds is 0. The van der Waals surface area contributed by atoms with Gasteiger partial charge in [0.1, 0.15) is 0 Å². The van der Waals surface area contributed by atoms with E-state index in [4.69, 9.17) is 0 Å². The van der Waals surface area contributed by atoms with Crippen molar-refractivity contribution in [2.75, 3.05) is 6.54 Å². The van der Waals surface area contributed by atoms with Gasteiger partial charge in [0.05, 0.1) is 6.54 Å². The Morgan fingerprint density at radius 1 is 1.33 bits per heavy atom. The first kappa shape index (κ1) is 7.95. The zero-order valence-corrected chi connectivity index (χ0v) is 7.03. The van der Waals surface area contributed by atoms with Crippen molar-refractivity contribution in [2.24, 2.45) is 0 Å². The van der Waals surface area contributed by atoms with Gasteiger partial charge in [-0.05, 0) is 25.7 Å². The topological polar surface area (TPSA) is 32.6 Å². The molecule has 0 aromatic rings. The number of hydrogen-bond acceptors (Lipinski definition) is 3. The summed E-state index contributed by atoms with van der Waals surface area (Å²) in [5.41, 5.74) is 0. The number of hydroxylamine groups is 2. The van der Waals surface area contributed by atoms with Gasteiger partial charge in [0.15, 0.2) is 5.78 Å². The number of ketones is 1. The Bertz CT molecular complexity index is 205. The van der Waals surface area contributed by atoms with Crippen molar-refractivity contribution in [1.82, 2.24) is 5.06 Å². The molecule has 3 heteroatoms. The molecule has 1 aliphatic carbocycles. The molecule has 2 fully saturated rings. The Labute approximate surface area is 71.9 Å². The number of allylic oxidation sites excluding steroid dienone is 2. The van der Waals surface area contributed by atoms with Crippen molar-refractivity contribution in [3.8, 4) is 0 Å². The summed E-state index contributed by atoms with van der Waals surface area (Å²) in [6, 6.07) is 0. The van der Waals surface area contributed by atoms with Crippen LogP contribution in [0.1, 0.15) is 25.7 Å². The Hall–Kier alpha value is -0.670. The van der Waals surface area contributed by atoms with E-state index in [9.17, 15) is 4.79 Å². The van der Waals surface area contributed by atoms with E-state index in [2.05, 4.69) is 17.0 Å². The Morgan fingerprint density at radius 2 is 2.00 bits per heavy atom. The van der Waals surface area contributed by atoms with Gasteiger partial charge in [-0.15, -0.1) is 5.06 Å². The van der Waals surface area contributed by atoms with Gasteiger partial charge in [-0.2, -0.15) is 0 Å². The highest BCUT2D eigenvalue weighted by molar-refractivity contribution is 5.92. The minimum absolute atomic E-state index is 0.106. The molecule has 2 atom stereocenters. The normalized spacial score (nSPS) is 35.8. The summed E-state index contributed by atoms with van der Waals surface area (Å²) < 4.78 is 0. The van der Waals surface area contributed by atoms with E-state index in [-0.39, 0.29) is 12.0 Å². The largest absolute Gasteiger partial charge is 0.293 e. The van der Waals surface area contributed by atoms with Crippen LogP contribution in [0, 0.1) is 0 Å².